The highest BCUT2D eigenvalue weighted by Gasteiger charge is 2.21. The number of hydrogen-bond donors (Lipinski definition) is 1. The Balaban J connectivity index is 2.10. The molecule has 0 saturated carbocycles. The first-order valence-electron chi connectivity index (χ1n) is 5.64. The second-order valence-corrected chi connectivity index (χ2v) is 3.95. The molecule has 0 unspecified atom stereocenters. The van der Waals surface area contributed by atoms with Gasteiger partial charge in [-0.25, -0.2) is 4.39 Å². The van der Waals surface area contributed by atoms with Crippen molar-refractivity contribution in [2.24, 2.45) is 0 Å². The van der Waals surface area contributed by atoms with E-state index in [4.69, 9.17) is 4.52 Å². The predicted octanol–water partition coefficient (Wildman–Crippen LogP) is 2.22. The number of anilines is 1. The molecule has 0 amide bonds. The SMILES string of the molecule is Cc1noc(CCNc2cc(F)cc(F)c2[N+](=O)[O-])n1. The molecule has 2 rings (SSSR count). The summed E-state index contributed by atoms with van der Waals surface area (Å²) in [7, 11) is 0. The number of rotatable bonds is 5. The molecule has 9 heteroatoms. The highest BCUT2D eigenvalue weighted by molar-refractivity contribution is 5.62. The van der Waals surface area contributed by atoms with Crippen LogP contribution in [0.4, 0.5) is 20.2 Å². The van der Waals surface area contributed by atoms with Gasteiger partial charge in [-0.1, -0.05) is 5.16 Å². The van der Waals surface area contributed by atoms with Crippen LogP contribution >= 0.6 is 0 Å². The molecule has 0 fully saturated rings. The number of benzene rings is 1. The summed E-state index contributed by atoms with van der Waals surface area (Å²) in [6.07, 6.45) is 0.274. The van der Waals surface area contributed by atoms with Crippen molar-refractivity contribution in [3.63, 3.8) is 0 Å². The van der Waals surface area contributed by atoms with E-state index in [9.17, 15) is 18.9 Å². The minimum Gasteiger partial charge on any atom is -0.379 e. The summed E-state index contributed by atoms with van der Waals surface area (Å²) in [6, 6.07) is 1.32. The van der Waals surface area contributed by atoms with Crippen molar-refractivity contribution in [1.82, 2.24) is 10.1 Å². The molecule has 0 atom stereocenters. The molecule has 20 heavy (non-hydrogen) atoms. The number of aromatic nitrogens is 2. The third-order valence-electron chi connectivity index (χ3n) is 2.43. The Hall–Kier alpha value is -2.58. The zero-order valence-electron chi connectivity index (χ0n) is 10.4. The summed E-state index contributed by atoms with van der Waals surface area (Å²) in [6.45, 7) is 1.80. The number of nitrogens with zero attached hydrogens (tertiary/aromatic N) is 3. The molecule has 0 bridgehead atoms. The van der Waals surface area contributed by atoms with Gasteiger partial charge in [-0.2, -0.15) is 9.37 Å². The van der Waals surface area contributed by atoms with Crippen LogP contribution in [0.1, 0.15) is 11.7 Å². The molecule has 2 aromatic rings. The van der Waals surface area contributed by atoms with E-state index in [2.05, 4.69) is 15.5 Å². The number of hydrogen-bond acceptors (Lipinski definition) is 6. The van der Waals surface area contributed by atoms with Gasteiger partial charge in [0.15, 0.2) is 5.82 Å². The van der Waals surface area contributed by atoms with E-state index in [-0.39, 0.29) is 18.7 Å². The van der Waals surface area contributed by atoms with Gasteiger partial charge in [0.05, 0.1) is 4.92 Å². The van der Waals surface area contributed by atoms with Gasteiger partial charge in [0.2, 0.25) is 11.7 Å². The standard InChI is InChI=1S/C11H10F2N4O3/c1-6-15-10(20-16-6)2-3-14-9-5-7(12)4-8(13)11(9)17(18)19/h4-5,14H,2-3H2,1H3. The first-order chi connectivity index (χ1) is 9.47. The minimum absolute atomic E-state index is 0.158. The van der Waals surface area contributed by atoms with E-state index >= 15 is 0 Å². The van der Waals surface area contributed by atoms with Crippen LogP contribution in [0.25, 0.3) is 0 Å². The lowest BCUT2D eigenvalue weighted by atomic mass is 10.2. The van der Waals surface area contributed by atoms with E-state index in [1.165, 1.54) is 0 Å². The first-order valence-corrected chi connectivity index (χ1v) is 5.64. The summed E-state index contributed by atoms with van der Waals surface area (Å²) in [4.78, 5) is 13.8. The van der Waals surface area contributed by atoms with E-state index in [0.717, 1.165) is 6.07 Å². The van der Waals surface area contributed by atoms with Crippen molar-refractivity contribution < 1.29 is 18.2 Å². The highest BCUT2D eigenvalue weighted by Crippen LogP contribution is 2.28. The average molecular weight is 284 g/mol. The van der Waals surface area contributed by atoms with Gasteiger partial charge in [0.1, 0.15) is 11.5 Å². The van der Waals surface area contributed by atoms with Crippen molar-refractivity contribution >= 4 is 11.4 Å². The maximum atomic E-state index is 13.4. The maximum Gasteiger partial charge on any atom is 0.327 e. The van der Waals surface area contributed by atoms with Crippen molar-refractivity contribution in [2.45, 2.75) is 13.3 Å². The number of nitro benzene ring substituents is 1. The zero-order chi connectivity index (χ0) is 14.7. The topological polar surface area (TPSA) is 94.1 Å². The molecule has 0 aliphatic heterocycles. The Morgan fingerprint density at radius 3 is 2.80 bits per heavy atom. The molecule has 1 aromatic heterocycles. The predicted molar refractivity (Wildman–Crippen MR) is 64.2 cm³/mol. The van der Waals surface area contributed by atoms with Gasteiger partial charge in [-0.05, 0) is 6.92 Å². The second-order valence-electron chi connectivity index (χ2n) is 3.95. The monoisotopic (exact) mass is 284 g/mol. The molecule has 0 aliphatic carbocycles. The molecule has 0 aliphatic rings. The van der Waals surface area contributed by atoms with E-state index < -0.39 is 22.2 Å². The first kappa shape index (κ1) is 13.8. The number of aryl methyl sites for hydroxylation is 1. The van der Waals surface area contributed by atoms with Crippen molar-refractivity contribution in [2.75, 3.05) is 11.9 Å². The number of nitro groups is 1. The van der Waals surface area contributed by atoms with Gasteiger partial charge in [0.25, 0.3) is 0 Å². The molecule has 1 N–H and O–H groups in total. The summed E-state index contributed by atoms with van der Waals surface area (Å²) in [5, 5.41) is 16.9. The quantitative estimate of drug-likeness (QED) is 0.668. The lowest BCUT2D eigenvalue weighted by molar-refractivity contribution is -0.386. The third-order valence-corrected chi connectivity index (χ3v) is 2.43. The van der Waals surface area contributed by atoms with Crippen LogP contribution < -0.4 is 5.32 Å². The van der Waals surface area contributed by atoms with E-state index in [1.807, 2.05) is 0 Å². The summed E-state index contributed by atoms with van der Waals surface area (Å²) in [5.41, 5.74) is -1.03. The van der Waals surface area contributed by atoms with Crippen molar-refractivity contribution in [3.8, 4) is 0 Å². The molecule has 1 heterocycles. The maximum absolute atomic E-state index is 13.4. The Labute approximate surface area is 111 Å². The minimum atomic E-state index is -1.23. The van der Waals surface area contributed by atoms with Crippen LogP contribution in [0.2, 0.25) is 0 Å². The second kappa shape index (κ2) is 5.59. The molecule has 7 nitrogen and oxygen atoms in total. The van der Waals surface area contributed by atoms with Crippen LogP contribution in [0.5, 0.6) is 0 Å². The van der Waals surface area contributed by atoms with Crippen LogP contribution in [0.3, 0.4) is 0 Å². The smallest absolute Gasteiger partial charge is 0.327 e. The van der Waals surface area contributed by atoms with Crippen molar-refractivity contribution in [1.29, 1.82) is 0 Å². The fourth-order valence-electron chi connectivity index (χ4n) is 1.63. The number of halogens is 2. The Morgan fingerprint density at radius 1 is 1.45 bits per heavy atom. The molecule has 1 aromatic carbocycles. The number of nitrogens with one attached hydrogen (secondary N) is 1. The average Bonchev–Trinajstić information content (AvgIpc) is 2.73. The van der Waals surface area contributed by atoms with E-state index in [1.54, 1.807) is 6.92 Å². The third kappa shape index (κ3) is 3.05. The zero-order valence-corrected chi connectivity index (χ0v) is 10.4. The molecule has 0 saturated heterocycles. The largest absolute Gasteiger partial charge is 0.379 e. The molecular formula is C11H10F2N4O3. The highest BCUT2D eigenvalue weighted by atomic mass is 19.1. The Morgan fingerprint density at radius 2 is 2.20 bits per heavy atom. The van der Waals surface area contributed by atoms with Gasteiger partial charge in [-0.15, -0.1) is 0 Å². The van der Waals surface area contributed by atoms with Crippen molar-refractivity contribution in [3.05, 3.63) is 45.6 Å². The Kier molecular flexibility index (Phi) is 3.87. The molecule has 0 spiro atoms. The normalized spacial score (nSPS) is 10.6. The van der Waals surface area contributed by atoms with Gasteiger partial charge >= 0.3 is 5.69 Å². The van der Waals surface area contributed by atoms with Gasteiger partial charge < -0.3 is 9.84 Å². The molecule has 106 valence electrons. The van der Waals surface area contributed by atoms with Crippen LogP contribution in [0.15, 0.2) is 16.7 Å². The molecule has 0 radical (unpaired) electrons. The molecular weight excluding hydrogens is 274 g/mol. The summed E-state index contributed by atoms with van der Waals surface area (Å²) < 4.78 is 31.3. The lowest BCUT2D eigenvalue weighted by Gasteiger charge is -2.06. The van der Waals surface area contributed by atoms with Gasteiger partial charge in [0, 0.05) is 25.1 Å². The van der Waals surface area contributed by atoms with Crippen LogP contribution in [0, 0.1) is 28.7 Å². The lowest BCUT2D eigenvalue weighted by Crippen LogP contribution is -2.08. The summed E-state index contributed by atoms with van der Waals surface area (Å²) >= 11 is 0. The fraction of sp³-hybridized carbons (Fsp3) is 0.273. The fourth-order valence-corrected chi connectivity index (χ4v) is 1.63. The van der Waals surface area contributed by atoms with Gasteiger partial charge in [-0.3, -0.25) is 10.1 Å². The van der Waals surface area contributed by atoms with Crippen LogP contribution in [-0.2, 0) is 6.42 Å². The van der Waals surface area contributed by atoms with Crippen LogP contribution in [-0.4, -0.2) is 21.6 Å². The van der Waals surface area contributed by atoms with E-state index in [0.29, 0.717) is 17.8 Å². The summed E-state index contributed by atoms with van der Waals surface area (Å²) in [5.74, 6) is -1.34. The Bertz CT molecular complexity index is 645.